The second-order valence-electron chi connectivity index (χ2n) is 4.40. The van der Waals surface area contributed by atoms with E-state index in [1.54, 1.807) is 0 Å². The molecule has 4 nitrogen and oxygen atoms in total. The first-order valence-corrected chi connectivity index (χ1v) is 6.43. The Morgan fingerprint density at radius 2 is 1.94 bits per heavy atom. The molecule has 0 aliphatic rings. The summed E-state index contributed by atoms with van der Waals surface area (Å²) in [5.74, 6) is 1.13. The Bertz CT molecular complexity index is 490. The minimum atomic E-state index is -0.161. The molecule has 2 rings (SSSR count). The van der Waals surface area contributed by atoms with Crippen LogP contribution in [0.4, 0.5) is 0 Å². The normalized spacial score (nSPS) is 12.6. The molecule has 1 aromatic heterocycles. The number of benzene rings is 1. The molecule has 1 atom stereocenters. The Balaban J connectivity index is 2.18. The lowest BCUT2D eigenvalue weighted by Crippen LogP contribution is -2.09. The fourth-order valence-electron chi connectivity index (χ4n) is 1.83. The molecular weight excluding hydrogens is 226 g/mol. The fraction of sp³-hybridized carbons (Fsp3) is 0.429. The molecule has 0 aliphatic heterocycles. The molecule has 96 valence electrons. The Kier molecular flexibility index (Phi) is 4.10. The summed E-state index contributed by atoms with van der Waals surface area (Å²) in [5, 5.41) is 3.98. The van der Waals surface area contributed by atoms with Gasteiger partial charge in [-0.3, -0.25) is 0 Å². The fourth-order valence-corrected chi connectivity index (χ4v) is 1.83. The summed E-state index contributed by atoms with van der Waals surface area (Å²) in [4.78, 5) is 4.35. The molecule has 0 fully saturated rings. The molecule has 2 aromatic rings. The predicted octanol–water partition coefficient (Wildman–Crippen LogP) is 3.10. The van der Waals surface area contributed by atoms with E-state index in [1.807, 2.05) is 12.1 Å². The van der Waals surface area contributed by atoms with E-state index >= 15 is 0 Å². The molecule has 1 unspecified atom stereocenters. The quantitative estimate of drug-likeness (QED) is 0.879. The summed E-state index contributed by atoms with van der Waals surface area (Å²) in [6.07, 6.45) is 2.89. The number of hydrogen-bond donors (Lipinski definition) is 1. The molecule has 1 aromatic carbocycles. The highest BCUT2D eigenvalue weighted by atomic mass is 16.5. The Morgan fingerprint density at radius 3 is 2.56 bits per heavy atom. The van der Waals surface area contributed by atoms with Crippen molar-refractivity contribution in [1.29, 1.82) is 0 Å². The molecule has 1 heterocycles. The number of rotatable bonds is 5. The second kappa shape index (κ2) is 5.78. The maximum absolute atomic E-state index is 5.95. The Hall–Kier alpha value is -1.68. The zero-order chi connectivity index (χ0) is 13.0. The van der Waals surface area contributed by atoms with Crippen molar-refractivity contribution in [2.75, 3.05) is 0 Å². The molecule has 18 heavy (non-hydrogen) atoms. The highest BCUT2D eigenvalue weighted by Crippen LogP contribution is 2.20. The van der Waals surface area contributed by atoms with E-state index in [9.17, 15) is 0 Å². The van der Waals surface area contributed by atoms with Gasteiger partial charge in [0, 0.05) is 5.56 Å². The highest BCUT2D eigenvalue weighted by molar-refractivity contribution is 5.54. The van der Waals surface area contributed by atoms with Gasteiger partial charge in [-0.15, -0.1) is 0 Å². The van der Waals surface area contributed by atoms with Gasteiger partial charge >= 0.3 is 0 Å². The lowest BCUT2D eigenvalue weighted by atomic mass is 10.1. The molecule has 0 saturated carbocycles. The molecule has 0 aliphatic carbocycles. The number of hydrogen-bond acceptors (Lipinski definition) is 4. The van der Waals surface area contributed by atoms with Gasteiger partial charge in [-0.2, -0.15) is 4.98 Å². The molecule has 4 heteroatoms. The van der Waals surface area contributed by atoms with Gasteiger partial charge in [0.05, 0.1) is 6.04 Å². The maximum atomic E-state index is 5.95. The van der Waals surface area contributed by atoms with E-state index in [0.717, 1.165) is 24.8 Å². The largest absolute Gasteiger partial charge is 0.337 e. The van der Waals surface area contributed by atoms with Crippen molar-refractivity contribution in [3.63, 3.8) is 0 Å². The second-order valence-corrected chi connectivity index (χ2v) is 4.40. The molecule has 0 saturated heterocycles. The van der Waals surface area contributed by atoms with Crippen LogP contribution >= 0.6 is 0 Å². The first kappa shape index (κ1) is 12.8. The minimum Gasteiger partial charge on any atom is -0.337 e. The number of nitrogens with two attached hydrogens (primary N) is 1. The molecule has 0 bridgehead atoms. The number of nitrogens with zero attached hydrogens (tertiary/aromatic N) is 2. The summed E-state index contributed by atoms with van der Waals surface area (Å²) < 4.78 is 5.20. The highest BCUT2D eigenvalue weighted by Gasteiger charge is 2.14. The van der Waals surface area contributed by atoms with Gasteiger partial charge in [-0.1, -0.05) is 49.7 Å². The van der Waals surface area contributed by atoms with Crippen LogP contribution in [-0.2, 0) is 6.42 Å². The van der Waals surface area contributed by atoms with Crippen molar-refractivity contribution in [2.45, 2.75) is 39.2 Å². The van der Waals surface area contributed by atoms with Crippen molar-refractivity contribution in [1.82, 2.24) is 10.1 Å². The molecule has 0 spiro atoms. The number of aryl methyl sites for hydroxylation is 1. The van der Waals surface area contributed by atoms with E-state index < -0.39 is 0 Å². The third kappa shape index (κ3) is 2.76. The van der Waals surface area contributed by atoms with Crippen LogP contribution in [0.15, 0.2) is 28.8 Å². The molecular formula is C14H19N3O. The van der Waals surface area contributed by atoms with Crippen LogP contribution < -0.4 is 5.73 Å². The molecule has 0 amide bonds. The van der Waals surface area contributed by atoms with E-state index in [-0.39, 0.29) is 6.04 Å². The van der Waals surface area contributed by atoms with Crippen molar-refractivity contribution in [3.8, 4) is 11.4 Å². The van der Waals surface area contributed by atoms with Crippen molar-refractivity contribution >= 4 is 0 Å². The van der Waals surface area contributed by atoms with Crippen molar-refractivity contribution < 1.29 is 4.52 Å². The Labute approximate surface area is 107 Å². The zero-order valence-electron chi connectivity index (χ0n) is 10.9. The van der Waals surface area contributed by atoms with E-state index in [1.165, 1.54) is 5.56 Å². The van der Waals surface area contributed by atoms with Gasteiger partial charge < -0.3 is 10.3 Å². The summed E-state index contributed by atoms with van der Waals surface area (Å²) in [6.45, 7) is 4.21. The van der Waals surface area contributed by atoms with E-state index in [2.05, 4.69) is 36.1 Å². The third-order valence-corrected chi connectivity index (χ3v) is 2.98. The van der Waals surface area contributed by atoms with Gasteiger partial charge in [0.15, 0.2) is 0 Å². The van der Waals surface area contributed by atoms with Crippen LogP contribution in [0.2, 0.25) is 0 Å². The van der Waals surface area contributed by atoms with E-state index in [4.69, 9.17) is 10.3 Å². The average Bonchev–Trinajstić information content (AvgIpc) is 2.89. The monoisotopic (exact) mass is 245 g/mol. The van der Waals surface area contributed by atoms with Crippen molar-refractivity contribution in [3.05, 3.63) is 35.7 Å². The number of aromatic nitrogens is 2. The summed E-state index contributed by atoms with van der Waals surface area (Å²) in [5.41, 5.74) is 8.21. The van der Waals surface area contributed by atoms with Gasteiger partial charge in [0.25, 0.3) is 0 Å². The van der Waals surface area contributed by atoms with Crippen LogP contribution in [0.5, 0.6) is 0 Å². The third-order valence-electron chi connectivity index (χ3n) is 2.98. The summed E-state index contributed by atoms with van der Waals surface area (Å²) in [7, 11) is 0. The maximum Gasteiger partial charge on any atom is 0.243 e. The smallest absolute Gasteiger partial charge is 0.243 e. The van der Waals surface area contributed by atoms with Crippen LogP contribution in [0.1, 0.15) is 44.2 Å². The lowest BCUT2D eigenvalue weighted by molar-refractivity contribution is 0.348. The topological polar surface area (TPSA) is 64.9 Å². The SMILES string of the molecule is CCCC(N)c1nc(-c2ccc(CC)cc2)no1. The standard InChI is InChI=1S/C14H19N3O/c1-3-5-12(15)14-16-13(17-18-14)11-8-6-10(4-2)7-9-11/h6-9,12H,3-5,15H2,1-2H3. The Morgan fingerprint density at radius 1 is 1.22 bits per heavy atom. The lowest BCUT2D eigenvalue weighted by Gasteiger charge is -2.02. The first-order valence-electron chi connectivity index (χ1n) is 6.43. The molecule has 2 N–H and O–H groups in total. The zero-order valence-corrected chi connectivity index (χ0v) is 10.9. The van der Waals surface area contributed by atoms with Gasteiger partial charge in [-0.05, 0) is 18.4 Å². The first-order chi connectivity index (χ1) is 8.74. The summed E-state index contributed by atoms with van der Waals surface area (Å²) in [6, 6.07) is 8.03. The van der Waals surface area contributed by atoms with E-state index in [0.29, 0.717) is 11.7 Å². The molecule has 0 radical (unpaired) electrons. The predicted molar refractivity (Wildman–Crippen MR) is 70.9 cm³/mol. The van der Waals surface area contributed by atoms with Gasteiger partial charge in [0.2, 0.25) is 11.7 Å². The van der Waals surface area contributed by atoms with Gasteiger partial charge in [0.1, 0.15) is 0 Å². The minimum absolute atomic E-state index is 0.161. The van der Waals surface area contributed by atoms with Crippen LogP contribution in [0.25, 0.3) is 11.4 Å². The van der Waals surface area contributed by atoms with Crippen LogP contribution in [0, 0.1) is 0 Å². The van der Waals surface area contributed by atoms with Crippen LogP contribution in [-0.4, -0.2) is 10.1 Å². The summed E-state index contributed by atoms with van der Waals surface area (Å²) >= 11 is 0. The van der Waals surface area contributed by atoms with Crippen LogP contribution in [0.3, 0.4) is 0 Å². The average molecular weight is 245 g/mol. The van der Waals surface area contributed by atoms with Gasteiger partial charge in [-0.25, -0.2) is 0 Å². The van der Waals surface area contributed by atoms with Crippen molar-refractivity contribution in [2.24, 2.45) is 5.73 Å².